The number of methoxy groups -OCH3 is 1. The molecule has 0 radical (unpaired) electrons. The van der Waals surface area contributed by atoms with Gasteiger partial charge in [0.05, 0.1) is 12.7 Å². The van der Waals surface area contributed by atoms with Crippen LogP contribution in [0.25, 0.3) is 52.8 Å². The highest BCUT2D eigenvalue weighted by Gasteiger charge is 2.21. The monoisotopic (exact) mass is 392 g/mol. The van der Waals surface area contributed by atoms with Crippen molar-refractivity contribution < 1.29 is 4.74 Å². The molecule has 0 fully saturated rings. The summed E-state index contributed by atoms with van der Waals surface area (Å²) in [5, 5.41) is 6.29. The second-order valence-corrected chi connectivity index (χ2v) is 8.31. The second-order valence-electron chi connectivity index (χ2n) is 7.22. The fourth-order valence-electron chi connectivity index (χ4n) is 4.50. The van der Waals surface area contributed by atoms with Crippen LogP contribution < -0.4 is 10.2 Å². The normalized spacial score (nSPS) is 11.8. The summed E-state index contributed by atoms with van der Waals surface area (Å²) >= 11 is 1.77. The van der Waals surface area contributed by atoms with Crippen LogP contribution in [0.5, 0.6) is 5.75 Å². The zero-order valence-corrected chi connectivity index (χ0v) is 16.5. The summed E-state index contributed by atoms with van der Waals surface area (Å²) in [6, 6.07) is 26.6. The zero-order valence-electron chi connectivity index (χ0n) is 15.7. The standard InChI is InChI=1S/C26H16O2S/c1-28-26-19-12-11-17-16-9-5-6-10-20(16)29-21-14-13-18(23(19)24(17)21)25(27)22(26)15-7-3-2-4-8-15/h2-14H,1H3. The van der Waals surface area contributed by atoms with Crippen LogP contribution >= 0.6 is 11.3 Å². The summed E-state index contributed by atoms with van der Waals surface area (Å²) in [7, 11) is 1.65. The molecule has 0 N–H and O–H groups in total. The lowest BCUT2D eigenvalue weighted by atomic mass is 9.91. The molecule has 0 bridgehead atoms. The largest absolute Gasteiger partial charge is 0.495 e. The summed E-state index contributed by atoms with van der Waals surface area (Å²) in [4.78, 5) is 13.6. The molecule has 0 unspecified atom stereocenters. The van der Waals surface area contributed by atoms with E-state index in [1.54, 1.807) is 18.4 Å². The van der Waals surface area contributed by atoms with Crippen molar-refractivity contribution in [3.8, 4) is 16.9 Å². The van der Waals surface area contributed by atoms with Crippen molar-refractivity contribution >= 4 is 53.1 Å². The predicted molar refractivity (Wildman–Crippen MR) is 124 cm³/mol. The van der Waals surface area contributed by atoms with Gasteiger partial charge in [0.15, 0.2) is 5.43 Å². The molecule has 138 valence electrons. The van der Waals surface area contributed by atoms with Gasteiger partial charge in [-0.1, -0.05) is 54.6 Å². The quantitative estimate of drug-likeness (QED) is 0.238. The molecule has 0 saturated carbocycles. The first-order valence-corrected chi connectivity index (χ1v) is 10.4. The van der Waals surface area contributed by atoms with Gasteiger partial charge in [-0.05, 0) is 40.6 Å². The van der Waals surface area contributed by atoms with Gasteiger partial charge in [-0.15, -0.1) is 11.3 Å². The van der Waals surface area contributed by atoms with Crippen molar-refractivity contribution in [1.29, 1.82) is 0 Å². The molecule has 0 aliphatic rings. The van der Waals surface area contributed by atoms with E-state index in [1.807, 2.05) is 36.4 Å². The predicted octanol–water partition coefficient (Wildman–Crippen LogP) is 6.83. The Labute approximate surface area is 170 Å². The maximum atomic E-state index is 13.6. The van der Waals surface area contributed by atoms with E-state index in [9.17, 15) is 4.79 Å². The molecule has 29 heavy (non-hydrogen) atoms. The van der Waals surface area contributed by atoms with Crippen LogP contribution in [0.15, 0.2) is 83.7 Å². The van der Waals surface area contributed by atoms with E-state index in [2.05, 4.69) is 42.5 Å². The summed E-state index contributed by atoms with van der Waals surface area (Å²) in [6.07, 6.45) is 0. The molecule has 1 aromatic heterocycles. The third-order valence-corrected chi connectivity index (χ3v) is 6.87. The highest BCUT2D eigenvalue weighted by molar-refractivity contribution is 7.25. The van der Waals surface area contributed by atoms with Crippen LogP contribution in [0.4, 0.5) is 0 Å². The third-order valence-electron chi connectivity index (χ3n) is 5.73. The van der Waals surface area contributed by atoms with E-state index in [0.29, 0.717) is 11.3 Å². The van der Waals surface area contributed by atoms with Gasteiger partial charge in [0, 0.05) is 30.9 Å². The highest BCUT2D eigenvalue weighted by atomic mass is 32.1. The van der Waals surface area contributed by atoms with Crippen LogP contribution in [0, 0.1) is 0 Å². The summed E-state index contributed by atoms with van der Waals surface area (Å²) in [5.74, 6) is 0.654. The van der Waals surface area contributed by atoms with Crippen molar-refractivity contribution in [3.05, 3.63) is 89.1 Å². The fraction of sp³-hybridized carbons (Fsp3) is 0.0385. The molecule has 6 rings (SSSR count). The van der Waals surface area contributed by atoms with E-state index in [0.717, 1.165) is 27.1 Å². The van der Waals surface area contributed by atoms with Crippen LogP contribution in [-0.2, 0) is 0 Å². The average Bonchev–Trinajstić information content (AvgIpc) is 2.78. The SMILES string of the molecule is COc1c(-c2ccccc2)c(=O)c2ccc3sc4ccccc4c4ccc1c2c34. The number of hydrogen-bond donors (Lipinski definition) is 0. The van der Waals surface area contributed by atoms with Gasteiger partial charge in [0.2, 0.25) is 0 Å². The first kappa shape index (κ1) is 16.5. The molecule has 0 spiro atoms. The lowest BCUT2D eigenvalue weighted by molar-refractivity contribution is 0.421. The Morgan fingerprint density at radius 1 is 0.655 bits per heavy atom. The Hall–Kier alpha value is -3.43. The molecule has 0 atom stereocenters. The number of ether oxygens (including phenoxy) is 1. The van der Waals surface area contributed by atoms with Crippen LogP contribution in [-0.4, -0.2) is 7.11 Å². The summed E-state index contributed by atoms with van der Waals surface area (Å²) in [5.41, 5.74) is 1.54. The van der Waals surface area contributed by atoms with E-state index >= 15 is 0 Å². The number of benzene rings is 5. The van der Waals surface area contributed by atoms with E-state index in [4.69, 9.17) is 4.74 Å². The molecule has 0 amide bonds. The first-order valence-electron chi connectivity index (χ1n) is 9.53. The molecular formula is C26H16O2S. The number of hydrogen-bond acceptors (Lipinski definition) is 3. The lowest BCUT2D eigenvalue weighted by Gasteiger charge is -2.17. The summed E-state index contributed by atoms with van der Waals surface area (Å²) in [6.45, 7) is 0. The molecule has 0 aliphatic heterocycles. The summed E-state index contributed by atoms with van der Waals surface area (Å²) < 4.78 is 8.26. The van der Waals surface area contributed by atoms with Crippen molar-refractivity contribution in [2.24, 2.45) is 0 Å². The van der Waals surface area contributed by atoms with Gasteiger partial charge in [-0.2, -0.15) is 0 Å². The lowest BCUT2D eigenvalue weighted by Crippen LogP contribution is -2.08. The van der Waals surface area contributed by atoms with Gasteiger partial charge >= 0.3 is 0 Å². The molecule has 0 aliphatic carbocycles. The minimum atomic E-state index is 0.0214. The van der Waals surface area contributed by atoms with Crippen LogP contribution in [0.2, 0.25) is 0 Å². The fourth-order valence-corrected chi connectivity index (χ4v) is 5.62. The van der Waals surface area contributed by atoms with Gasteiger partial charge in [0.25, 0.3) is 0 Å². The molecule has 0 saturated heterocycles. The maximum Gasteiger partial charge on any atom is 0.198 e. The minimum Gasteiger partial charge on any atom is -0.495 e. The third kappa shape index (κ3) is 2.19. The van der Waals surface area contributed by atoms with Gasteiger partial charge in [0.1, 0.15) is 5.75 Å². The molecule has 3 heteroatoms. The highest BCUT2D eigenvalue weighted by Crippen LogP contribution is 2.44. The number of rotatable bonds is 2. The van der Waals surface area contributed by atoms with Crippen molar-refractivity contribution in [1.82, 2.24) is 0 Å². The smallest absolute Gasteiger partial charge is 0.198 e. The topological polar surface area (TPSA) is 26.3 Å². The molecular weight excluding hydrogens is 376 g/mol. The Balaban J connectivity index is 1.89. The van der Waals surface area contributed by atoms with E-state index in [1.165, 1.54) is 20.2 Å². The van der Waals surface area contributed by atoms with Gasteiger partial charge in [-0.3, -0.25) is 4.79 Å². The first-order chi connectivity index (χ1) is 14.3. The second kappa shape index (κ2) is 6.03. The Bertz CT molecular complexity index is 1600. The van der Waals surface area contributed by atoms with Gasteiger partial charge in [-0.25, -0.2) is 0 Å². The number of fused-ring (bicyclic) bond motifs is 2. The maximum absolute atomic E-state index is 13.6. The van der Waals surface area contributed by atoms with E-state index < -0.39 is 0 Å². The van der Waals surface area contributed by atoms with Gasteiger partial charge < -0.3 is 4.74 Å². The van der Waals surface area contributed by atoms with Crippen LogP contribution in [0.1, 0.15) is 0 Å². The minimum absolute atomic E-state index is 0.0214. The molecule has 1 heterocycles. The zero-order chi connectivity index (χ0) is 19.5. The molecule has 5 aromatic carbocycles. The van der Waals surface area contributed by atoms with Crippen molar-refractivity contribution in [2.45, 2.75) is 0 Å². The Morgan fingerprint density at radius 2 is 1.38 bits per heavy atom. The average molecular weight is 392 g/mol. The Morgan fingerprint density at radius 3 is 2.21 bits per heavy atom. The van der Waals surface area contributed by atoms with Crippen molar-refractivity contribution in [2.75, 3.05) is 7.11 Å². The Kier molecular flexibility index (Phi) is 3.44. The molecule has 6 aromatic rings. The molecule has 2 nitrogen and oxygen atoms in total. The van der Waals surface area contributed by atoms with Crippen molar-refractivity contribution in [3.63, 3.8) is 0 Å². The van der Waals surface area contributed by atoms with E-state index in [-0.39, 0.29) is 5.43 Å². The van der Waals surface area contributed by atoms with Crippen LogP contribution in [0.3, 0.4) is 0 Å².